The van der Waals surface area contributed by atoms with Crippen LogP contribution < -0.4 is 4.90 Å². The molecule has 0 spiro atoms. The van der Waals surface area contributed by atoms with Gasteiger partial charge in [0.25, 0.3) is 5.69 Å². The van der Waals surface area contributed by atoms with E-state index >= 15 is 0 Å². The molecule has 2 bridgehead atoms. The number of fused-ring (bicyclic) bond motifs is 5. The molecule has 1 aliphatic heterocycles. The first-order valence-corrected chi connectivity index (χ1v) is 7.37. The third-order valence-corrected chi connectivity index (χ3v) is 5.08. The van der Waals surface area contributed by atoms with Crippen molar-refractivity contribution in [1.29, 1.82) is 0 Å². The molecule has 1 aromatic rings. The van der Waals surface area contributed by atoms with Gasteiger partial charge in [0, 0.05) is 11.1 Å². The first kappa shape index (κ1) is 13.5. The maximum atomic E-state index is 12.7. The topological polar surface area (TPSA) is 80.5 Å². The summed E-state index contributed by atoms with van der Waals surface area (Å²) in [4.78, 5) is 36.9. The molecule has 0 unspecified atom stereocenters. The molecule has 7 heteroatoms. The van der Waals surface area contributed by atoms with Gasteiger partial charge in [-0.2, -0.15) is 0 Å². The van der Waals surface area contributed by atoms with Crippen LogP contribution in [0.4, 0.5) is 11.4 Å². The number of nitro benzene ring substituents is 1. The number of rotatable bonds is 2. The molecule has 2 aliphatic carbocycles. The van der Waals surface area contributed by atoms with Crippen LogP contribution in [0.25, 0.3) is 0 Å². The van der Waals surface area contributed by atoms with Crippen molar-refractivity contribution in [3.05, 3.63) is 45.5 Å². The molecule has 1 heterocycles. The minimum atomic E-state index is -0.622. The first-order chi connectivity index (χ1) is 10.5. The summed E-state index contributed by atoms with van der Waals surface area (Å²) in [6, 6.07) is 3.98. The van der Waals surface area contributed by atoms with E-state index in [4.69, 9.17) is 11.6 Å². The first-order valence-electron chi connectivity index (χ1n) is 6.99. The fourth-order valence-corrected chi connectivity index (χ4v) is 4.14. The summed E-state index contributed by atoms with van der Waals surface area (Å²) in [5.74, 6) is -1.28. The summed E-state index contributed by atoms with van der Waals surface area (Å²) >= 11 is 5.79. The summed E-state index contributed by atoms with van der Waals surface area (Å²) in [6.07, 6.45) is 4.79. The molecule has 112 valence electrons. The number of amides is 2. The summed E-state index contributed by atoms with van der Waals surface area (Å²) in [6.45, 7) is 0. The van der Waals surface area contributed by atoms with Crippen molar-refractivity contribution in [3.8, 4) is 0 Å². The lowest BCUT2D eigenvalue weighted by Crippen LogP contribution is -2.33. The Hall–Kier alpha value is -2.21. The predicted molar refractivity (Wildman–Crippen MR) is 78.3 cm³/mol. The molecule has 6 nitrogen and oxygen atoms in total. The molecule has 1 aromatic carbocycles. The summed E-state index contributed by atoms with van der Waals surface area (Å²) < 4.78 is 0. The van der Waals surface area contributed by atoms with Gasteiger partial charge in [-0.25, -0.2) is 4.90 Å². The number of carbonyl (C=O) groups is 2. The van der Waals surface area contributed by atoms with E-state index in [1.54, 1.807) is 0 Å². The molecule has 2 amide bonds. The number of benzene rings is 1. The number of nitro groups is 1. The van der Waals surface area contributed by atoms with E-state index in [1.807, 2.05) is 12.2 Å². The van der Waals surface area contributed by atoms with Crippen LogP contribution in [0, 0.1) is 33.8 Å². The number of nitrogens with zero attached hydrogens (tertiary/aromatic N) is 2. The number of carbonyl (C=O) groups excluding carboxylic acids is 2. The van der Waals surface area contributed by atoms with E-state index in [1.165, 1.54) is 18.2 Å². The monoisotopic (exact) mass is 318 g/mol. The van der Waals surface area contributed by atoms with E-state index in [9.17, 15) is 19.7 Å². The number of halogens is 1. The third kappa shape index (κ3) is 1.61. The lowest BCUT2D eigenvalue weighted by atomic mass is 9.85. The molecule has 0 aromatic heterocycles. The highest BCUT2D eigenvalue weighted by molar-refractivity contribution is 6.31. The summed E-state index contributed by atoms with van der Waals surface area (Å²) in [5, 5.41) is 11.4. The average molecular weight is 319 g/mol. The molecule has 0 N–H and O–H groups in total. The summed E-state index contributed by atoms with van der Waals surface area (Å²) in [5.41, 5.74) is -0.312. The van der Waals surface area contributed by atoms with Gasteiger partial charge in [0.1, 0.15) is 5.69 Å². The van der Waals surface area contributed by atoms with Gasteiger partial charge in [0.05, 0.1) is 16.8 Å². The number of hydrogen-bond donors (Lipinski definition) is 0. The maximum absolute atomic E-state index is 12.7. The Labute approximate surface area is 130 Å². The fraction of sp³-hybridized carbons (Fsp3) is 0.333. The van der Waals surface area contributed by atoms with Crippen molar-refractivity contribution >= 4 is 34.8 Å². The predicted octanol–water partition coefficient (Wildman–Crippen LogP) is 2.56. The van der Waals surface area contributed by atoms with Crippen LogP contribution >= 0.6 is 11.6 Å². The van der Waals surface area contributed by atoms with Gasteiger partial charge in [-0.3, -0.25) is 19.7 Å². The van der Waals surface area contributed by atoms with E-state index in [2.05, 4.69) is 0 Å². The fourth-order valence-electron chi connectivity index (χ4n) is 3.97. The van der Waals surface area contributed by atoms with Gasteiger partial charge in [0.2, 0.25) is 11.8 Å². The zero-order valence-electron chi connectivity index (χ0n) is 11.3. The van der Waals surface area contributed by atoms with Gasteiger partial charge in [-0.15, -0.1) is 0 Å². The largest absolute Gasteiger partial charge is 0.294 e. The van der Waals surface area contributed by atoms with Crippen LogP contribution in [0.15, 0.2) is 30.4 Å². The van der Waals surface area contributed by atoms with Crippen molar-refractivity contribution < 1.29 is 14.5 Å². The Bertz CT molecular complexity index is 730. The van der Waals surface area contributed by atoms with Crippen molar-refractivity contribution in [1.82, 2.24) is 0 Å². The molecule has 22 heavy (non-hydrogen) atoms. The number of allylic oxidation sites excluding steroid dienone is 2. The maximum Gasteiger partial charge on any atom is 0.294 e. The average Bonchev–Trinajstić information content (AvgIpc) is 3.14. The van der Waals surface area contributed by atoms with Crippen LogP contribution in [0.3, 0.4) is 0 Å². The smallest absolute Gasteiger partial charge is 0.274 e. The lowest BCUT2D eigenvalue weighted by molar-refractivity contribution is -0.384. The zero-order valence-corrected chi connectivity index (χ0v) is 12.1. The zero-order chi connectivity index (χ0) is 15.6. The van der Waals surface area contributed by atoms with Gasteiger partial charge in [-0.1, -0.05) is 23.8 Å². The number of anilines is 1. The molecule has 3 aliphatic rings. The van der Waals surface area contributed by atoms with Gasteiger partial charge < -0.3 is 0 Å². The SMILES string of the molecule is O=C1[C@H]2[C@H](C(=O)N1c1ccc(Cl)cc1[N+](=O)[O-])[C@H]1C=C[C@H]2C1. The molecule has 4 atom stereocenters. The van der Waals surface area contributed by atoms with Crippen LogP contribution in [-0.4, -0.2) is 16.7 Å². The van der Waals surface area contributed by atoms with Gasteiger partial charge in [-0.05, 0) is 30.4 Å². The Morgan fingerprint density at radius 1 is 1.14 bits per heavy atom. The van der Waals surface area contributed by atoms with Crippen LogP contribution in [0.5, 0.6) is 0 Å². The summed E-state index contributed by atoms with van der Waals surface area (Å²) in [7, 11) is 0. The number of hydrogen-bond acceptors (Lipinski definition) is 4. The van der Waals surface area contributed by atoms with Gasteiger partial charge >= 0.3 is 0 Å². The Morgan fingerprint density at radius 3 is 2.27 bits per heavy atom. The second-order valence-corrected chi connectivity index (χ2v) is 6.34. The molecule has 2 fully saturated rings. The van der Waals surface area contributed by atoms with E-state index in [0.29, 0.717) is 0 Å². The Balaban J connectivity index is 1.81. The molecule has 1 saturated carbocycles. The van der Waals surface area contributed by atoms with Crippen molar-refractivity contribution in [2.24, 2.45) is 23.7 Å². The molecular formula is C15H11ClN2O4. The highest BCUT2D eigenvalue weighted by Gasteiger charge is 2.60. The van der Waals surface area contributed by atoms with Crippen molar-refractivity contribution in [2.45, 2.75) is 6.42 Å². The van der Waals surface area contributed by atoms with Crippen LogP contribution in [0.1, 0.15) is 6.42 Å². The van der Waals surface area contributed by atoms with Gasteiger partial charge in [0.15, 0.2) is 0 Å². The molecule has 4 rings (SSSR count). The highest BCUT2D eigenvalue weighted by Crippen LogP contribution is 2.53. The number of imide groups is 1. The Kier molecular flexibility index (Phi) is 2.69. The van der Waals surface area contributed by atoms with Crippen LogP contribution in [-0.2, 0) is 9.59 Å². The minimum Gasteiger partial charge on any atom is -0.274 e. The quantitative estimate of drug-likeness (QED) is 0.363. The van der Waals surface area contributed by atoms with E-state index < -0.39 is 4.92 Å². The molecule has 1 saturated heterocycles. The Morgan fingerprint density at radius 2 is 1.73 bits per heavy atom. The normalized spacial score (nSPS) is 32.0. The second kappa shape index (κ2) is 4.39. The molecular weight excluding hydrogens is 308 g/mol. The van der Waals surface area contributed by atoms with Crippen molar-refractivity contribution in [3.63, 3.8) is 0 Å². The van der Waals surface area contributed by atoms with E-state index in [0.717, 1.165) is 11.3 Å². The lowest BCUT2D eigenvalue weighted by Gasteiger charge is -2.17. The standard InChI is InChI=1S/C15H11ClN2O4/c16-9-3-4-10(11(6-9)18(21)22)17-14(19)12-7-1-2-8(5-7)13(12)15(17)20/h1-4,6-8,12-13H,5H2/t7-,8-,12+,13+/m0/s1. The highest BCUT2D eigenvalue weighted by atomic mass is 35.5. The van der Waals surface area contributed by atoms with E-state index in [-0.39, 0.29) is 51.9 Å². The molecule has 0 radical (unpaired) electrons. The van der Waals surface area contributed by atoms with Crippen molar-refractivity contribution in [2.75, 3.05) is 4.90 Å². The minimum absolute atomic E-state index is 0.0122. The van der Waals surface area contributed by atoms with Crippen LogP contribution in [0.2, 0.25) is 5.02 Å². The second-order valence-electron chi connectivity index (χ2n) is 5.90. The third-order valence-electron chi connectivity index (χ3n) is 4.85.